The van der Waals surface area contributed by atoms with Crippen molar-refractivity contribution in [2.24, 2.45) is 0 Å². The van der Waals surface area contributed by atoms with Crippen LogP contribution >= 0.6 is 27.5 Å². The van der Waals surface area contributed by atoms with Crippen molar-refractivity contribution < 1.29 is 4.79 Å². The topological polar surface area (TPSA) is 80.9 Å². The molecule has 0 unspecified atom stereocenters. The van der Waals surface area contributed by atoms with Crippen LogP contribution in [0.1, 0.15) is 15.2 Å². The first-order valence-corrected chi connectivity index (χ1v) is 6.29. The Morgan fingerprint density at radius 1 is 1.53 bits per heavy atom. The number of carbonyl (C=O) groups excluding carboxylic acids is 1. The summed E-state index contributed by atoms with van der Waals surface area (Å²) >= 11 is 4.38. The molecular weight excluding hydrogens is 304 g/mol. The van der Waals surface area contributed by atoms with E-state index in [9.17, 15) is 4.79 Å². The van der Waals surface area contributed by atoms with Crippen molar-refractivity contribution in [2.45, 2.75) is 6.92 Å². The molecule has 2 aromatic rings. The molecule has 0 atom stereocenters. The number of nitrogens with zero attached hydrogens (tertiary/aromatic N) is 2. The molecule has 1 aromatic carbocycles. The Hall–Kier alpha value is -1.47. The third-order valence-corrected chi connectivity index (χ3v) is 3.28. The first-order valence-electron chi connectivity index (χ1n) is 4.72. The van der Waals surface area contributed by atoms with E-state index in [2.05, 4.69) is 30.8 Å². The van der Waals surface area contributed by atoms with Crippen LogP contribution in [-0.2, 0) is 0 Å². The summed E-state index contributed by atoms with van der Waals surface area (Å²) in [5, 5.41) is 6.37. The Kier molecular flexibility index (Phi) is 3.39. The summed E-state index contributed by atoms with van der Waals surface area (Å²) < 4.78 is 4.52. The molecule has 0 bridgehead atoms. The van der Waals surface area contributed by atoms with Crippen molar-refractivity contribution in [1.29, 1.82) is 0 Å². The van der Waals surface area contributed by atoms with Crippen LogP contribution in [0.3, 0.4) is 0 Å². The van der Waals surface area contributed by atoms with Gasteiger partial charge in [-0.1, -0.05) is 20.4 Å². The smallest absolute Gasteiger partial charge is 0.269 e. The SMILES string of the molecule is Cc1cc(Br)cc(N)c1NC(=O)c1cnns1. The zero-order chi connectivity index (χ0) is 12.4. The zero-order valence-electron chi connectivity index (χ0n) is 8.90. The average molecular weight is 313 g/mol. The fourth-order valence-electron chi connectivity index (χ4n) is 1.38. The molecule has 2 rings (SSSR count). The van der Waals surface area contributed by atoms with Crippen molar-refractivity contribution in [1.82, 2.24) is 9.59 Å². The molecule has 0 saturated carbocycles. The molecule has 1 amide bonds. The van der Waals surface area contributed by atoms with E-state index in [1.807, 2.05) is 13.0 Å². The van der Waals surface area contributed by atoms with E-state index in [0.29, 0.717) is 16.3 Å². The highest BCUT2D eigenvalue weighted by Crippen LogP contribution is 2.28. The number of aromatic nitrogens is 2. The van der Waals surface area contributed by atoms with Crippen molar-refractivity contribution in [2.75, 3.05) is 11.1 Å². The van der Waals surface area contributed by atoms with E-state index in [4.69, 9.17) is 5.73 Å². The van der Waals surface area contributed by atoms with Crippen LogP contribution in [0.15, 0.2) is 22.8 Å². The lowest BCUT2D eigenvalue weighted by Gasteiger charge is -2.10. The normalized spacial score (nSPS) is 10.2. The predicted molar refractivity (Wildman–Crippen MR) is 71.2 cm³/mol. The summed E-state index contributed by atoms with van der Waals surface area (Å²) in [6, 6.07) is 3.63. The van der Waals surface area contributed by atoms with Gasteiger partial charge in [0.2, 0.25) is 0 Å². The summed E-state index contributed by atoms with van der Waals surface area (Å²) in [5.74, 6) is -0.253. The van der Waals surface area contributed by atoms with Crippen LogP contribution in [0.2, 0.25) is 0 Å². The van der Waals surface area contributed by atoms with Gasteiger partial charge in [0.1, 0.15) is 4.88 Å². The average Bonchev–Trinajstić information content (AvgIpc) is 2.76. The number of nitrogens with two attached hydrogens (primary N) is 1. The number of anilines is 2. The minimum atomic E-state index is -0.253. The van der Waals surface area contributed by atoms with Crippen molar-refractivity contribution >= 4 is 44.7 Å². The minimum absolute atomic E-state index is 0.253. The Morgan fingerprint density at radius 3 is 2.88 bits per heavy atom. The lowest BCUT2D eigenvalue weighted by Crippen LogP contribution is -2.13. The quantitative estimate of drug-likeness (QED) is 0.835. The maximum absolute atomic E-state index is 11.8. The Morgan fingerprint density at radius 2 is 2.29 bits per heavy atom. The summed E-state index contributed by atoms with van der Waals surface area (Å²) in [6.07, 6.45) is 1.42. The van der Waals surface area contributed by atoms with Gasteiger partial charge in [0.05, 0.1) is 17.6 Å². The predicted octanol–water partition coefficient (Wildman–Crippen LogP) is 2.44. The van der Waals surface area contributed by atoms with Gasteiger partial charge in [-0.2, -0.15) is 0 Å². The number of nitrogens with one attached hydrogen (secondary N) is 1. The third kappa shape index (κ3) is 2.62. The van der Waals surface area contributed by atoms with E-state index in [0.717, 1.165) is 21.6 Å². The molecule has 0 aliphatic rings. The number of nitrogen functional groups attached to an aromatic ring is 1. The van der Waals surface area contributed by atoms with Crippen molar-refractivity contribution in [3.63, 3.8) is 0 Å². The van der Waals surface area contributed by atoms with Crippen LogP contribution in [-0.4, -0.2) is 15.5 Å². The highest BCUT2D eigenvalue weighted by molar-refractivity contribution is 9.10. The lowest BCUT2D eigenvalue weighted by atomic mass is 10.1. The molecule has 88 valence electrons. The first kappa shape index (κ1) is 12.0. The van der Waals surface area contributed by atoms with Gasteiger partial charge in [-0.25, -0.2) is 0 Å². The summed E-state index contributed by atoms with van der Waals surface area (Å²) in [4.78, 5) is 12.3. The van der Waals surface area contributed by atoms with Gasteiger partial charge < -0.3 is 11.1 Å². The van der Waals surface area contributed by atoms with Gasteiger partial charge in [0, 0.05) is 4.47 Å². The zero-order valence-corrected chi connectivity index (χ0v) is 11.3. The Bertz CT molecular complexity index is 532. The number of rotatable bonds is 2. The molecule has 17 heavy (non-hydrogen) atoms. The number of hydrogen-bond acceptors (Lipinski definition) is 5. The van der Waals surface area contributed by atoms with E-state index in [1.54, 1.807) is 6.07 Å². The van der Waals surface area contributed by atoms with E-state index in [1.165, 1.54) is 6.20 Å². The van der Waals surface area contributed by atoms with Gasteiger partial charge >= 0.3 is 0 Å². The first-order chi connectivity index (χ1) is 8.08. The second-order valence-corrected chi connectivity index (χ2v) is 5.12. The molecule has 7 heteroatoms. The van der Waals surface area contributed by atoms with Gasteiger partial charge in [0.25, 0.3) is 5.91 Å². The molecular formula is C10H9BrN4OS. The fourth-order valence-corrected chi connectivity index (χ4v) is 2.38. The molecule has 0 fully saturated rings. The number of carbonyl (C=O) groups is 1. The number of aryl methyl sites for hydroxylation is 1. The standard InChI is InChI=1S/C10H9BrN4OS/c1-5-2-6(11)3-7(12)9(5)14-10(16)8-4-13-15-17-8/h2-4H,12H2,1H3,(H,14,16). The maximum Gasteiger partial charge on any atom is 0.269 e. The van der Waals surface area contributed by atoms with Gasteiger partial charge in [-0.15, -0.1) is 5.10 Å². The summed E-state index contributed by atoms with van der Waals surface area (Å²) in [7, 11) is 0. The molecule has 0 saturated heterocycles. The number of hydrogen-bond donors (Lipinski definition) is 2. The van der Waals surface area contributed by atoms with Crippen LogP contribution in [0, 0.1) is 6.92 Å². The van der Waals surface area contributed by atoms with Crippen LogP contribution in [0.25, 0.3) is 0 Å². The summed E-state index contributed by atoms with van der Waals surface area (Å²) in [5.41, 5.74) is 7.88. The van der Waals surface area contributed by atoms with Gasteiger partial charge in [-0.3, -0.25) is 4.79 Å². The molecule has 1 heterocycles. The highest BCUT2D eigenvalue weighted by atomic mass is 79.9. The van der Waals surface area contributed by atoms with Crippen LogP contribution in [0.4, 0.5) is 11.4 Å². The van der Waals surface area contributed by atoms with Gasteiger partial charge in [-0.05, 0) is 36.2 Å². The largest absolute Gasteiger partial charge is 0.397 e. The second kappa shape index (κ2) is 4.80. The number of benzene rings is 1. The Labute approximate surface area is 110 Å². The molecule has 0 spiro atoms. The fraction of sp³-hybridized carbons (Fsp3) is 0.100. The minimum Gasteiger partial charge on any atom is -0.397 e. The van der Waals surface area contributed by atoms with E-state index >= 15 is 0 Å². The maximum atomic E-state index is 11.8. The monoisotopic (exact) mass is 312 g/mol. The third-order valence-electron chi connectivity index (χ3n) is 2.15. The molecule has 0 aliphatic heterocycles. The Balaban J connectivity index is 2.28. The van der Waals surface area contributed by atoms with Crippen molar-refractivity contribution in [3.05, 3.63) is 33.2 Å². The lowest BCUT2D eigenvalue weighted by molar-refractivity contribution is 0.103. The second-order valence-electron chi connectivity index (χ2n) is 3.42. The summed E-state index contributed by atoms with van der Waals surface area (Å²) in [6.45, 7) is 1.88. The van der Waals surface area contributed by atoms with Crippen LogP contribution in [0.5, 0.6) is 0 Å². The number of halogens is 1. The molecule has 0 aliphatic carbocycles. The molecule has 5 nitrogen and oxygen atoms in total. The molecule has 0 radical (unpaired) electrons. The van der Waals surface area contributed by atoms with Crippen LogP contribution < -0.4 is 11.1 Å². The number of amides is 1. The molecule has 3 N–H and O–H groups in total. The molecule has 1 aromatic heterocycles. The van der Waals surface area contributed by atoms with Gasteiger partial charge in [0.15, 0.2) is 0 Å². The van der Waals surface area contributed by atoms with E-state index < -0.39 is 0 Å². The van der Waals surface area contributed by atoms with Crippen molar-refractivity contribution in [3.8, 4) is 0 Å². The highest BCUT2D eigenvalue weighted by Gasteiger charge is 2.12. The van der Waals surface area contributed by atoms with E-state index in [-0.39, 0.29) is 5.91 Å².